The van der Waals surface area contributed by atoms with Gasteiger partial charge in [0.25, 0.3) is 0 Å². The van der Waals surface area contributed by atoms with Crippen molar-refractivity contribution in [2.75, 3.05) is 0 Å². The number of hydrogen-bond acceptors (Lipinski definition) is 2. The molecule has 4 nitrogen and oxygen atoms in total. The lowest BCUT2D eigenvalue weighted by atomic mass is 10.1. The molecule has 0 aliphatic heterocycles. The number of rotatable bonds is 6. The summed E-state index contributed by atoms with van der Waals surface area (Å²) < 4.78 is 50.4. The van der Waals surface area contributed by atoms with Gasteiger partial charge in [0.15, 0.2) is 0 Å². The first-order chi connectivity index (χ1) is 9.29. The van der Waals surface area contributed by atoms with Gasteiger partial charge in [-0.15, -0.1) is 0 Å². The molecule has 2 N–H and O–H groups in total. The van der Waals surface area contributed by atoms with E-state index >= 15 is 0 Å². The summed E-state index contributed by atoms with van der Waals surface area (Å²) in [5, 5.41) is 10.5. The summed E-state index contributed by atoms with van der Waals surface area (Å²) >= 11 is 0. The number of alkyl halides is 2. The standard InChI is InChI=1S/C12H11F4NO3/c13-7-1-2-8(14)6(3-7)4-11(18)17-9(12(19)20)5-10(15)16/h1-3,9-10H,4-5H2,(H,17,18)(H,19,20). The average molecular weight is 293 g/mol. The van der Waals surface area contributed by atoms with Gasteiger partial charge in [-0.1, -0.05) is 0 Å². The van der Waals surface area contributed by atoms with Crippen LogP contribution in [0.3, 0.4) is 0 Å². The Balaban J connectivity index is 2.70. The smallest absolute Gasteiger partial charge is 0.326 e. The van der Waals surface area contributed by atoms with Crippen LogP contribution >= 0.6 is 0 Å². The molecule has 1 aromatic rings. The number of amides is 1. The molecular weight excluding hydrogens is 282 g/mol. The predicted octanol–water partition coefficient (Wildman–Crippen LogP) is 1.73. The molecule has 0 bridgehead atoms. The van der Waals surface area contributed by atoms with E-state index in [0.29, 0.717) is 0 Å². The topological polar surface area (TPSA) is 66.4 Å². The first kappa shape index (κ1) is 15.9. The molecule has 20 heavy (non-hydrogen) atoms. The highest BCUT2D eigenvalue weighted by Gasteiger charge is 2.24. The fourth-order valence-electron chi connectivity index (χ4n) is 1.50. The second kappa shape index (κ2) is 6.88. The Kier molecular flexibility index (Phi) is 5.48. The SMILES string of the molecule is O=C(Cc1cc(F)ccc1F)NC(CC(F)F)C(=O)O. The van der Waals surface area contributed by atoms with E-state index in [9.17, 15) is 27.2 Å². The monoisotopic (exact) mass is 293 g/mol. The van der Waals surface area contributed by atoms with Crippen molar-refractivity contribution in [3.8, 4) is 0 Å². The Hall–Kier alpha value is -2.12. The summed E-state index contributed by atoms with van der Waals surface area (Å²) in [6.45, 7) is 0. The molecule has 0 fully saturated rings. The van der Waals surface area contributed by atoms with E-state index in [1.54, 1.807) is 0 Å². The number of carbonyl (C=O) groups is 2. The van der Waals surface area contributed by atoms with Crippen LogP contribution in [0.15, 0.2) is 18.2 Å². The van der Waals surface area contributed by atoms with Gasteiger partial charge in [-0.2, -0.15) is 0 Å². The van der Waals surface area contributed by atoms with Crippen LogP contribution in [-0.2, 0) is 16.0 Å². The Morgan fingerprint density at radius 1 is 1.25 bits per heavy atom. The number of nitrogens with one attached hydrogen (secondary N) is 1. The first-order valence-corrected chi connectivity index (χ1v) is 5.54. The van der Waals surface area contributed by atoms with Gasteiger partial charge in [-0.25, -0.2) is 22.4 Å². The van der Waals surface area contributed by atoms with E-state index < -0.39 is 48.8 Å². The van der Waals surface area contributed by atoms with Crippen molar-refractivity contribution in [3.05, 3.63) is 35.4 Å². The van der Waals surface area contributed by atoms with Gasteiger partial charge >= 0.3 is 5.97 Å². The number of halogens is 4. The number of carbonyl (C=O) groups excluding carboxylic acids is 1. The number of hydrogen-bond donors (Lipinski definition) is 2. The van der Waals surface area contributed by atoms with Crippen molar-refractivity contribution in [2.45, 2.75) is 25.3 Å². The summed E-state index contributed by atoms with van der Waals surface area (Å²) in [7, 11) is 0. The van der Waals surface area contributed by atoms with E-state index in [2.05, 4.69) is 0 Å². The van der Waals surface area contributed by atoms with Crippen LogP contribution in [0.4, 0.5) is 17.6 Å². The highest BCUT2D eigenvalue weighted by atomic mass is 19.3. The van der Waals surface area contributed by atoms with E-state index in [4.69, 9.17) is 5.11 Å². The van der Waals surface area contributed by atoms with Crippen molar-refractivity contribution in [3.63, 3.8) is 0 Å². The third-order valence-corrected chi connectivity index (χ3v) is 2.41. The van der Waals surface area contributed by atoms with Gasteiger partial charge in [0.05, 0.1) is 6.42 Å². The zero-order valence-electron chi connectivity index (χ0n) is 10.1. The number of carboxylic acids is 1. The average Bonchev–Trinajstić information content (AvgIpc) is 2.32. The Morgan fingerprint density at radius 2 is 1.90 bits per heavy atom. The Bertz CT molecular complexity index is 507. The van der Waals surface area contributed by atoms with Crippen LogP contribution in [0, 0.1) is 11.6 Å². The third-order valence-electron chi connectivity index (χ3n) is 2.41. The van der Waals surface area contributed by atoms with Gasteiger partial charge in [0.2, 0.25) is 12.3 Å². The zero-order valence-corrected chi connectivity index (χ0v) is 10.1. The van der Waals surface area contributed by atoms with Crippen LogP contribution in [0.1, 0.15) is 12.0 Å². The molecule has 1 amide bonds. The number of carboxylic acid groups (broad SMARTS) is 1. The maximum atomic E-state index is 13.3. The molecule has 0 aromatic heterocycles. The normalized spacial score (nSPS) is 12.2. The minimum absolute atomic E-state index is 0.288. The highest BCUT2D eigenvalue weighted by Crippen LogP contribution is 2.11. The van der Waals surface area contributed by atoms with Crippen molar-refractivity contribution < 1.29 is 32.3 Å². The van der Waals surface area contributed by atoms with E-state index in [0.717, 1.165) is 18.2 Å². The van der Waals surface area contributed by atoms with Crippen LogP contribution in [0.25, 0.3) is 0 Å². The fraction of sp³-hybridized carbons (Fsp3) is 0.333. The molecule has 0 spiro atoms. The maximum Gasteiger partial charge on any atom is 0.326 e. The van der Waals surface area contributed by atoms with E-state index in [1.165, 1.54) is 0 Å². The van der Waals surface area contributed by atoms with Crippen molar-refractivity contribution in [1.29, 1.82) is 0 Å². The van der Waals surface area contributed by atoms with Crippen molar-refractivity contribution >= 4 is 11.9 Å². The predicted molar refractivity (Wildman–Crippen MR) is 60.2 cm³/mol. The Morgan fingerprint density at radius 3 is 2.45 bits per heavy atom. The van der Waals surface area contributed by atoms with Crippen molar-refractivity contribution in [2.24, 2.45) is 0 Å². The van der Waals surface area contributed by atoms with Gasteiger partial charge in [-0.05, 0) is 18.2 Å². The lowest BCUT2D eigenvalue weighted by molar-refractivity contribution is -0.142. The summed E-state index contributed by atoms with van der Waals surface area (Å²) in [6.07, 6.45) is -4.62. The lowest BCUT2D eigenvalue weighted by Gasteiger charge is -2.14. The molecule has 0 heterocycles. The van der Waals surface area contributed by atoms with Crippen LogP contribution < -0.4 is 5.32 Å². The molecule has 0 saturated heterocycles. The van der Waals surface area contributed by atoms with Crippen LogP contribution in [0.2, 0.25) is 0 Å². The zero-order chi connectivity index (χ0) is 15.3. The Labute approximate surface area is 111 Å². The molecule has 1 unspecified atom stereocenters. The number of aliphatic carboxylic acids is 1. The van der Waals surface area contributed by atoms with E-state index in [-0.39, 0.29) is 5.56 Å². The first-order valence-electron chi connectivity index (χ1n) is 5.54. The third kappa shape index (κ3) is 4.87. The summed E-state index contributed by atoms with van der Waals surface area (Å²) in [5.74, 6) is -4.22. The lowest BCUT2D eigenvalue weighted by Crippen LogP contribution is -2.42. The van der Waals surface area contributed by atoms with Crippen LogP contribution in [0.5, 0.6) is 0 Å². The van der Waals surface area contributed by atoms with Gasteiger partial charge in [-0.3, -0.25) is 4.79 Å². The minimum Gasteiger partial charge on any atom is -0.480 e. The van der Waals surface area contributed by atoms with E-state index in [1.807, 2.05) is 5.32 Å². The molecule has 110 valence electrons. The maximum absolute atomic E-state index is 13.3. The summed E-state index contributed by atoms with van der Waals surface area (Å²) in [5.41, 5.74) is -0.288. The van der Waals surface area contributed by atoms with Crippen LogP contribution in [-0.4, -0.2) is 29.5 Å². The van der Waals surface area contributed by atoms with Gasteiger partial charge in [0.1, 0.15) is 17.7 Å². The second-order valence-electron chi connectivity index (χ2n) is 4.00. The summed E-state index contributed by atoms with van der Waals surface area (Å²) in [6, 6.07) is 0.663. The highest BCUT2D eigenvalue weighted by molar-refractivity contribution is 5.84. The molecule has 8 heteroatoms. The molecule has 1 aromatic carbocycles. The van der Waals surface area contributed by atoms with Crippen molar-refractivity contribution in [1.82, 2.24) is 5.32 Å². The molecule has 0 aliphatic carbocycles. The molecule has 1 atom stereocenters. The quantitative estimate of drug-likeness (QED) is 0.785. The molecule has 1 rings (SSSR count). The second-order valence-corrected chi connectivity index (χ2v) is 4.00. The fourth-order valence-corrected chi connectivity index (χ4v) is 1.50. The molecule has 0 radical (unpaired) electrons. The minimum atomic E-state index is -2.91. The largest absolute Gasteiger partial charge is 0.480 e. The molecule has 0 saturated carbocycles. The number of benzene rings is 1. The molecular formula is C12H11F4NO3. The van der Waals surface area contributed by atoms with Gasteiger partial charge in [0, 0.05) is 12.0 Å². The summed E-state index contributed by atoms with van der Waals surface area (Å²) in [4.78, 5) is 22.1. The van der Waals surface area contributed by atoms with Gasteiger partial charge < -0.3 is 10.4 Å². The molecule has 0 aliphatic rings.